The first-order chi connectivity index (χ1) is 16.1. The van der Waals surface area contributed by atoms with E-state index in [4.69, 9.17) is 4.74 Å². The van der Waals surface area contributed by atoms with Crippen LogP contribution >= 0.6 is 11.3 Å². The summed E-state index contributed by atoms with van der Waals surface area (Å²) in [4.78, 5) is 34.2. The fraction of sp³-hybridized carbons (Fsp3) is 0.400. The molecule has 1 N–H and O–H groups in total. The van der Waals surface area contributed by atoms with Crippen LogP contribution in [0.3, 0.4) is 0 Å². The predicted molar refractivity (Wildman–Crippen MR) is 126 cm³/mol. The van der Waals surface area contributed by atoms with E-state index in [0.29, 0.717) is 30.9 Å². The second kappa shape index (κ2) is 9.49. The Labute approximate surface area is 196 Å². The number of carbonyl (C=O) groups is 2. The molecule has 1 unspecified atom stereocenters. The highest BCUT2D eigenvalue weighted by Crippen LogP contribution is 2.35. The third kappa shape index (κ3) is 4.45. The van der Waals surface area contributed by atoms with Crippen molar-refractivity contribution in [2.75, 3.05) is 13.1 Å². The van der Waals surface area contributed by atoms with E-state index in [2.05, 4.69) is 4.98 Å². The van der Waals surface area contributed by atoms with Crippen LogP contribution in [0.25, 0.3) is 10.2 Å². The molecule has 5 rings (SSSR count). The molecule has 2 amide bonds. The quantitative estimate of drug-likeness (QED) is 0.613. The zero-order valence-electron chi connectivity index (χ0n) is 18.3. The van der Waals surface area contributed by atoms with Crippen LogP contribution in [-0.4, -0.2) is 57.1 Å². The second-order valence-corrected chi connectivity index (χ2v) is 9.66. The number of aromatic nitrogens is 1. The van der Waals surface area contributed by atoms with Crippen LogP contribution < -0.4 is 0 Å². The molecule has 33 heavy (non-hydrogen) atoms. The number of amides is 2. The molecular weight excluding hydrogens is 438 g/mol. The molecule has 8 heteroatoms. The normalized spacial score (nSPS) is 21.5. The molecule has 2 saturated heterocycles. The smallest absolute Gasteiger partial charge is 0.410 e. The number of aliphatic hydroxyl groups is 1. The highest BCUT2D eigenvalue weighted by Gasteiger charge is 2.43. The van der Waals surface area contributed by atoms with Crippen LogP contribution in [0, 0.1) is 0 Å². The fourth-order valence-electron chi connectivity index (χ4n) is 4.81. The Bertz CT molecular complexity index is 1100. The molecule has 7 nitrogen and oxygen atoms in total. The van der Waals surface area contributed by atoms with E-state index in [-0.39, 0.29) is 18.6 Å². The molecule has 0 spiro atoms. The number of carbonyl (C=O) groups excluding carboxylic acids is 2. The van der Waals surface area contributed by atoms with Crippen LogP contribution in [0.2, 0.25) is 0 Å². The van der Waals surface area contributed by atoms with Gasteiger partial charge in [-0.3, -0.25) is 9.69 Å². The summed E-state index contributed by atoms with van der Waals surface area (Å²) in [5, 5.41) is 11.7. The van der Waals surface area contributed by atoms with Gasteiger partial charge in [-0.05, 0) is 43.4 Å². The van der Waals surface area contributed by atoms with Gasteiger partial charge in [-0.1, -0.05) is 42.5 Å². The maximum atomic E-state index is 13.5. The van der Waals surface area contributed by atoms with Crippen LogP contribution in [0.4, 0.5) is 4.79 Å². The first-order valence-corrected chi connectivity index (χ1v) is 12.2. The number of benzene rings is 2. The molecule has 3 aromatic rings. The van der Waals surface area contributed by atoms with E-state index >= 15 is 0 Å². The third-order valence-corrected chi connectivity index (χ3v) is 7.59. The fourth-order valence-corrected chi connectivity index (χ4v) is 5.82. The van der Waals surface area contributed by atoms with Crippen molar-refractivity contribution >= 4 is 33.6 Å². The Morgan fingerprint density at radius 1 is 1.03 bits per heavy atom. The Balaban J connectivity index is 1.27. The van der Waals surface area contributed by atoms with Gasteiger partial charge in [0.05, 0.1) is 16.3 Å². The molecule has 2 aliphatic rings. The molecule has 0 saturated carbocycles. The molecule has 1 aromatic heterocycles. The molecule has 172 valence electrons. The summed E-state index contributed by atoms with van der Waals surface area (Å²) in [6.45, 7) is 1.26. The van der Waals surface area contributed by atoms with Crippen molar-refractivity contribution in [3.63, 3.8) is 0 Å². The van der Waals surface area contributed by atoms with Gasteiger partial charge in [0.1, 0.15) is 23.8 Å². The summed E-state index contributed by atoms with van der Waals surface area (Å²) in [5.74, 6) is -0.105. The number of thiazole rings is 1. The molecule has 2 fully saturated rings. The maximum absolute atomic E-state index is 13.5. The molecule has 0 aliphatic carbocycles. The van der Waals surface area contributed by atoms with Crippen LogP contribution in [-0.2, 0) is 16.1 Å². The number of aliphatic hydroxyl groups excluding tert-OH is 1. The van der Waals surface area contributed by atoms with Crippen molar-refractivity contribution in [2.45, 2.75) is 50.5 Å². The van der Waals surface area contributed by atoms with Crippen molar-refractivity contribution in [1.82, 2.24) is 14.8 Å². The van der Waals surface area contributed by atoms with Gasteiger partial charge in [0, 0.05) is 13.1 Å². The molecule has 0 radical (unpaired) electrons. The minimum absolute atomic E-state index is 0.105. The lowest BCUT2D eigenvalue weighted by Gasteiger charge is -2.32. The van der Waals surface area contributed by atoms with Crippen LogP contribution in [0.5, 0.6) is 0 Å². The topological polar surface area (TPSA) is 83.0 Å². The monoisotopic (exact) mass is 465 g/mol. The lowest BCUT2D eigenvalue weighted by molar-refractivity contribution is -0.138. The number of ether oxygens (including phenoxy) is 1. The summed E-state index contributed by atoms with van der Waals surface area (Å²) in [5.41, 5.74) is 1.77. The average Bonchev–Trinajstić information content (AvgIpc) is 3.61. The number of nitrogens with zero attached hydrogens (tertiary/aromatic N) is 3. The van der Waals surface area contributed by atoms with E-state index in [1.165, 1.54) is 11.3 Å². The van der Waals surface area contributed by atoms with E-state index in [0.717, 1.165) is 28.6 Å². The number of hydrogen-bond donors (Lipinski definition) is 1. The highest BCUT2D eigenvalue weighted by molar-refractivity contribution is 7.18. The SMILES string of the molecule is O=C(OCc1ccccc1)N1CCC[C@H]1C(=O)N1CCC[C@H]1C(O)c1nc2ccccc2s1. The molecule has 2 aliphatic heterocycles. The molecule has 3 atom stereocenters. The zero-order valence-corrected chi connectivity index (χ0v) is 19.1. The standard InChI is InChI=1S/C25H27N3O4S/c29-22(23-26-18-10-4-5-13-21(18)33-23)19-11-6-14-27(19)24(30)20-12-7-15-28(20)25(31)32-16-17-8-2-1-3-9-17/h1-5,8-10,13,19-20,22,29H,6-7,11-12,14-16H2/t19-,20-,22?/m0/s1. The number of hydrogen-bond acceptors (Lipinski definition) is 6. The predicted octanol–water partition coefficient (Wildman–Crippen LogP) is 4.12. The summed E-state index contributed by atoms with van der Waals surface area (Å²) in [6, 6.07) is 16.4. The molecule has 2 aromatic carbocycles. The Kier molecular flexibility index (Phi) is 6.28. The Hall–Kier alpha value is -2.97. The summed E-state index contributed by atoms with van der Waals surface area (Å²) in [7, 11) is 0. The van der Waals surface area contributed by atoms with Crippen molar-refractivity contribution < 1.29 is 19.4 Å². The van der Waals surface area contributed by atoms with E-state index in [1.807, 2.05) is 54.6 Å². The Morgan fingerprint density at radius 2 is 1.76 bits per heavy atom. The molecule has 3 heterocycles. The number of rotatable bonds is 5. The van der Waals surface area contributed by atoms with Crippen LogP contribution in [0.1, 0.15) is 42.4 Å². The van der Waals surface area contributed by atoms with Crippen molar-refractivity contribution in [3.8, 4) is 0 Å². The van der Waals surface area contributed by atoms with Gasteiger partial charge >= 0.3 is 6.09 Å². The number of fused-ring (bicyclic) bond motifs is 1. The second-order valence-electron chi connectivity index (χ2n) is 8.60. The molecular formula is C25H27N3O4S. The minimum Gasteiger partial charge on any atom is -0.445 e. The lowest BCUT2D eigenvalue weighted by atomic mass is 10.1. The van der Waals surface area contributed by atoms with Gasteiger partial charge in [0.2, 0.25) is 5.91 Å². The first kappa shape index (κ1) is 21.9. The molecule has 0 bridgehead atoms. The van der Waals surface area contributed by atoms with E-state index in [9.17, 15) is 14.7 Å². The average molecular weight is 466 g/mol. The maximum Gasteiger partial charge on any atom is 0.410 e. The van der Waals surface area contributed by atoms with Gasteiger partial charge in [-0.2, -0.15) is 0 Å². The van der Waals surface area contributed by atoms with Crippen molar-refractivity contribution in [2.24, 2.45) is 0 Å². The van der Waals surface area contributed by atoms with Gasteiger partial charge in [-0.25, -0.2) is 9.78 Å². The van der Waals surface area contributed by atoms with E-state index < -0.39 is 18.2 Å². The number of para-hydroxylation sites is 1. The summed E-state index contributed by atoms with van der Waals surface area (Å²) < 4.78 is 6.51. The zero-order chi connectivity index (χ0) is 22.8. The Morgan fingerprint density at radius 3 is 2.58 bits per heavy atom. The van der Waals surface area contributed by atoms with E-state index in [1.54, 1.807) is 9.80 Å². The minimum atomic E-state index is -0.839. The summed E-state index contributed by atoms with van der Waals surface area (Å²) in [6.07, 6.45) is 1.61. The first-order valence-electron chi connectivity index (χ1n) is 11.4. The lowest BCUT2D eigenvalue weighted by Crippen LogP contribution is -2.50. The summed E-state index contributed by atoms with van der Waals surface area (Å²) >= 11 is 1.46. The largest absolute Gasteiger partial charge is 0.445 e. The van der Waals surface area contributed by atoms with Crippen molar-refractivity contribution in [1.29, 1.82) is 0 Å². The third-order valence-electron chi connectivity index (χ3n) is 6.49. The van der Waals surface area contributed by atoms with Gasteiger partial charge in [0.25, 0.3) is 0 Å². The highest BCUT2D eigenvalue weighted by atomic mass is 32.1. The van der Waals surface area contributed by atoms with Gasteiger partial charge in [0.15, 0.2) is 0 Å². The number of likely N-dealkylation sites (tertiary alicyclic amines) is 2. The van der Waals surface area contributed by atoms with Gasteiger partial charge < -0.3 is 14.7 Å². The van der Waals surface area contributed by atoms with Crippen LogP contribution in [0.15, 0.2) is 54.6 Å². The van der Waals surface area contributed by atoms with Gasteiger partial charge in [-0.15, -0.1) is 11.3 Å². The van der Waals surface area contributed by atoms with Crippen molar-refractivity contribution in [3.05, 3.63) is 65.2 Å².